The number of nitrogens with two attached hydrogens (primary N) is 1. The number of hydrogen-bond acceptors (Lipinski definition) is 6. The zero-order valence-corrected chi connectivity index (χ0v) is 13.9. The molecule has 138 valence electrons. The summed E-state index contributed by atoms with van der Waals surface area (Å²) < 4.78 is 3.05. The van der Waals surface area contributed by atoms with Gasteiger partial charge in [0, 0.05) is 31.0 Å². The molecule has 4 N–H and O–H groups in total. The fourth-order valence-electron chi connectivity index (χ4n) is 2.18. The highest BCUT2D eigenvalue weighted by atomic mass is 16.2. The van der Waals surface area contributed by atoms with E-state index in [-0.39, 0.29) is 17.8 Å². The zero-order chi connectivity index (χ0) is 18.9. The molecular formula is C15H19N7O4. The maximum absolute atomic E-state index is 11.9. The average Bonchev–Trinajstić information content (AvgIpc) is 3.07. The van der Waals surface area contributed by atoms with Crippen molar-refractivity contribution in [2.75, 3.05) is 11.9 Å². The lowest BCUT2D eigenvalue weighted by Gasteiger charge is -2.06. The molecule has 2 aromatic heterocycles. The summed E-state index contributed by atoms with van der Waals surface area (Å²) in [6.45, 7) is 0.776. The van der Waals surface area contributed by atoms with Gasteiger partial charge >= 0.3 is 0 Å². The molecule has 0 bridgehead atoms. The van der Waals surface area contributed by atoms with Crippen molar-refractivity contribution in [1.29, 1.82) is 0 Å². The Balaban J connectivity index is 1.78. The van der Waals surface area contributed by atoms with Crippen LogP contribution in [0.4, 0.5) is 5.69 Å². The summed E-state index contributed by atoms with van der Waals surface area (Å²) in [5.41, 5.74) is 5.29. The second-order valence-corrected chi connectivity index (χ2v) is 5.43. The second-order valence-electron chi connectivity index (χ2n) is 5.43. The van der Waals surface area contributed by atoms with Gasteiger partial charge in [-0.25, -0.2) is 0 Å². The summed E-state index contributed by atoms with van der Waals surface area (Å²) in [7, 11) is 0. The van der Waals surface area contributed by atoms with E-state index in [2.05, 4.69) is 20.9 Å². The molecule has 0 aromatic carbocycles. The third-order valence-corrected chi connectivity index (χ3v) is 3.45. The number of nitrogens with zero attached hydrogens (tertiary/aromatic N) is 4. The summed E-state index contributed by atoms with van der Waals surface area (Å²) in [6, 6.07) is 2.99. The maximum atomic E-state index is 11.9. The van der Waals surface area contributed by atoms with Crippen LogP contribution in [0.2, 0.25) is 0 Å². The van der Waals surface area contributed by atoms with E-state index in [1.807, 2.05) is 0 Å². The van der Waals surface area contributed by atoms with E-state index in [0.717, 1.165) is 0 Å². The van der Waals surface area contributed by atoms with Crippen molar-refractivity contribution in [2.45, 2.75) is 25.9 Å². The number of carbonyl (C=O) groups is 3. The van der Waals surface area contributed by atoms with Crippen molar-refractivity contribution in [3.63, 3.8) is 0 Å². The van der Waals surface area contributed by atoms with Gasteiger partial charge in [-0.15, -0.1) is 5.10 Å². The van der Waals surface area contributed by atoms with Crippen molar-refractivity contribution in [3.8, 4) is 0 Å². The standard InChI is InChI=1S/C15H19N7O4/c16-13(24)8-17-15(26)12-9-22(20-19-12)5-2-1-4-21-6-3-11(18-10-23)7-14(21)25/h3,6-7,9-10H,1-2,4-5,8H2,(H2,16,24)(H,17,26)(H,18,23). The fourth-order valence-corrected chi connectivity index (χ4v) is 2.18. The Kier molecular flexibility index (Phi) is 6.60. The number of aryl methyl sites for hydroxylation is 2. The molecule has 0 fully saturated rings. The van der Waals surface area contributed by atoms with Gasteiger partial charge in [-0.3, -0.25) is 23.9 Å². The van der Waals surface area contributed by atoms with Gasteiger partial charge in [0.15, 0.2) is 5.69 Å². The first-order valence-electron chi connectivity index (χ1n) is 7.87. The SMILES string of the molecule is NC(=O)CNC(=O)c1cn(CCCCn2ccc(NC=O)cc2=O)nn1. The molecule has 0 unspecified atom stereocenters. The van der Waals surface area contributed by atoms with Crippen molar-refractivity contribution in [3.05, 3.63) is 40.6 Å². The summed E-state index contributed by atoms with van der Waals surface area (Å²) in [5.74, 6) is -1.17. The minimum absolute atomic E-state index is 0.0979. The van der Waals surface area contributed by atoms with Gasteiger partial charge in [0.2, 0.25) is 12.3 Å². The van der Waals surface area contributed by atoms with E-state index in [4.69, 9.17) is 5.73 Å². The summed E-state index contributed by atoms with van der Waals surface area (Å²) in [6.07, 6.45) is 5.03. The quantitative estimate of drug-likeness (QED) is 0.353. The van der Waals surface area contributed by atoms with E-state index in [9.17, 15) is 19.2 Å². The lowest BCUT2D eigenvalue weighted by atomic mass is 10.3. The molecule has 0 spiro atoms. The Bertz CT molecular complexity index is 843. The van der Waals surface area contributed by atoms with Crippen LogP contribution >= 0.6 is 0 Å². The van der Waals surface area contributed by atoms with Gasteiger partial charge in [-0.05, 0) is 18.9 Å². The molecule has 0 aliphatic carbocycles. The Labute approximate surface area is 148 Å². The molecule has 3 amide bonds. The molecule has 2 rings (SSSR count). The first-order valence-corrected chi connectivity index (χ1v) is 7.87. The van der Waals surface area contributed by atoms with E-state index < -0.39 is 11.8 Å². The number of primary amides is 1. The van der Waals surface area contributed by atoms with Crippen LogP contribution in [0, 0.1) is 0 Å². The number of hydrogen-bond donors (Lipinski definition) is 3. The molecule has 0 aliphatic heterocycles. The predicted octanol–water partition coefficient (Wildman–Crippen LogP) is -1.30. The smallest absolute Gasteiger partial charge is 0.273 e. The van der Waals surface area contributed by atoms with E-state index in [0.29, 0.717) is 38.0 Å². The normalized spacial score (nSPS) is 10.3. The molecule has 11 nitrogen and oxygen atoms in total. The molecule has 0 saturated carbocycles. The zero-order valence-electron chi connectivity index (χ0n) is 13.9. The minimum atomic E-state index is -0.643. The van der Waals surface area contributed by atoms with Gasteiger partial charge in [0.1, 0.15) is 0 Å². The first-order chi connectivity index (χ1) is 12.5. The van der Waals surface area contributed by atoms with Crippen LogP contribution in [0.25, 0.3) is 0 Å². The van der Waals surface area contributed by atoms with Crippen LogP contribution in [-0.2, 0) is 22.7 Å². The van der Waals surface area contributed by atoms with Gasteiger partial charge in [0.05, 0.1) is 12.7 Å². The topological polar surface area (TPSA) is 154 Å². The van der Waals surface area contributed by atoms with Crippen LogP contribution in [0.15, 0.2) is 29.3 Å². The Morgan fingerprint density at radius 2 is 2.04 bits per heavy atom. The van der Waals surface area contributed by atoms with Gasteiger partial charge in [0.25, 0.3) is 11.5 Å². The van der Waals surface area contributed by atoms with Gasteiger partial charge in [-0.1, -0.05) is 5.21 Å². The average molecular weight is 361 g/mol. The summed E-state index contributed by atoms with van der Waals surface area (Å²) in [5, 5.41) is 12.3. The third kappa shape index (κ3) is 5.54. The lowest BCUT2D eigenvalue weighted by molar-refractivity contribution is -0.117. The van der Waals surface area contributed by atoms with Crippen LogP contribution in [0.1, 0.15) is 23.3 Å². The minimum Gasteiger partial charge on any atom is -0.368 e. The highest BCUT2D eigenvalue weighted by Gasteiger charge is 2.11. The largest absolute Gasteiger partial charge is 0.368 e. The number of anilines is 1. The van der Waals surface area contributed by atoms with Crippen molar-refractivity contribution in [1.82, 2.24) is 24.9 Å². The molecular weight excluding hydrogens is 342 g/mol. The molecule has 0 radical (unpaired) electrons. The molecule has 0 saturated heterocycles. The maximum Gasteiger partial charge on any atom is 0.273 e. The number of aromatic nitrogens is 4. The lowest BCUT2D eigenvalue weighted by Crippen LogP contribution is -2.33. The molecule has 11 heteroatoms. The number of carbonyl (C=O) groups excluding carboxylic acids is 3. The Hall–Kier alpha value is -3.50. The van der Waals surface area contributed by atoms with Crippen LogP contribution < -0.4 is 21.9 Å². The molecule has 2 heterocycles. The van der Waals surface area contributed by atoms with Crippen molar-refractivity contribution in [2.24, 2.45) is 5.73 Å². The van der Waals surface area contributed by atoms with E-state index >= 15 is 0 Å². The molecule has 0 aliphatic rings. The van der Waals surface area contributed by atoms with Crippen LogP contribution in [-0.4, -0.2) is 44.3 Å². The number of unbranched alkanes of at least 4 members (excludes halogenated alkanes) is 1. The number of rotatable bonds is 10. The predicted molar refractivity (Wildman–Crippen MR) is 91.2 cm³/mol. The Morgan fingerprint density at radius 1 is 1.27 bits per heavy atom. The van der Waals surface area contributed by atoms with E-state index in [1.165, 1.54) is 16.9 Å². The van der Waals surface area contributed by atoms with E-state index in [1.54, 1.807) is 16.8 Å². The monoisotopic (exact) mass is 361 g/mol. The number of pyridine rings is 1. The summed E-state index contributed by atoms with van der Waals surface area (Å²) in [4.78, 5) is 44.5. The van der Waals surface area contributed by atoms with Crippen LogP contribution in [0.5, 0.6) is 0 Å². The molecule has 2 aromatic rings. The highest BCUT2D eigenvalue weighted by molar-refractivity contribution is 5.94. The summed E-state index contributed by atoms with van der Waals surface area (Å²) >= 11 is 0. The number of nitrogens with one attached hydrogen (secondary N) is 2. The van der Waals surface area contributed by atoms with Crippen LogP contribution in [0.3, 0.4) is 0 Å². The highest BCUT2D eigenvalue weighted by Crippen LogP contribution is 2.02. The van der Waals surface area contributed by atoms with Crippen molar-refractivity contribution < 1.29 is 14.4 Å². The van der Waals surface area contributed by atoms with Gasteiger partial charge in [-0.2, -0.15) is 0 Å². The molecule has 0 atom stereocenters. The molecule has 26 heavy (non-hydrogen) atoms. The van der Waals surface area contributed by atoms with Gasteiger partial charge < -0.3 is 20.9 Å². The van der Waals surface area contributed by atoms with Crippen molar-refractivity contribution >= 4 is 23.9 Å². The third-order valence-electron chi connectivity index (χ3n) is 3.45. The number of amides is 3. The first kappa shape index (κ1) is 18.8. The fraction of sp³-hybridized carbons (Fsp3) is 0.333. The second kappa shape index (κ2) is 9.11. The Morgan fingerprint density at radius 3 is 2.73 bits per heavy atom.